The molecule has 186 valence electrons. The Labute approximate surface area is 207 Å². The predicted molar refractivity (Wildman–Crippen MR) is 137 cm³/mol. The zero-order valence-corrected chi connectivity index (χ0v) is 20.0. The van der Waals surface area contributed by atoms with Crippen LogP contribution in [0.4, 0.5) is 11.9 Å². The van der Waals surface area contributed by atoms with E-state index >= 15 is 0 Å². The molecule has 0 radical (unpaired) electrons. The lowest BCUT2D eigenvalue weighted by atomic mass is 10.2. The van der Waals surface area contributed by atoms with Crippen LogP contribution < -0.4 is 20.7 Å². The standard InChI is InChI=1S/C26H34N6O3/c1-2-15-35-26-30-24(28-14-17-34-19-18-33-16-13-27)29-25(31-26)32(20-22-9-5-3-6-10-22)21-23-11-7-4-8-12-23/h2-12H,1,13-21,27H2,(H,28,29,30,31). The van der Waals surface area contributed by atoms with E-state index in [9.17, 15) is 0 Å². The van der Waals surface area contributed by atoms with Crippen LogP contribution in [0.2, 0.25) is 0 Å². The highest BCUT2D eigenvalue weighted by Gasteiger charge is 2.16. The molecule has 0 fully saturated rings. The van der Waals surface area contributed by atoms with Crippen molar-refractivity contribution in [2.75, 3.05) is 56.3 Å². The first-order chi connectivity index (χ1) is 17.3. The summed E-state index contributed by atoms with van der Waals surface area (Å²) in [6.07, 6.45) is 1.66. The monoisotopic (exact) mass is 478 g/mol. The average Bonchev–Trinajstić information content (AvgIpc) is 2.90. The Bertz CT molecular complexity index is 949. The second kappa shape index (κ2) is 15.4. The summed E-state index contributed by atoms with van der Waals surface area (Å²) in [5, 5.41) is 3.21. The average molecular weight is 479 g/mol. The summed E-state index contributed by atoms with van der Waals surface area (Å²) in [5.74, 6) is 0.938. The first kappa shape index (κ1) is 26.1. The predicted octanol–water partition coefficient (Wildman–Crippen LogP) is 3.05. The van der Waals surface area contributed by atoms with Crippen LogP contribution in [-0.2, 0) is 22.6 Å². The molecule has 0 aliphatic heterocycles. The molecule has 3 rings (SSSR count). The summed E-state index contributed by atoms with van der Waals surface area (Å²) >= 11 is 0. The van der Waals surface area contributed by atoms with E-state index in [1.165, 1.54) is 0 Å². The molecule has 0 bridgehead atoms. The molecule has 0 aliphatic rings. The van der Waals surface area contributed by atoms with Gasteiger partial charge in [-0.25, -0.2) is 0 Å². The summed E-state index contributed by atoms with van der Waals surface area (Å²) in [7, 11) is 0. The molecule has 1 heterocycles. The molecule has 0 saturated carbocycles. The van der Waals surface area contributed by atoms with E-state index < -0.39 is 0 Å². The number of nitrogens with one attached hydrogen (secondary N) is 1. The second-order valence-electron chi connectivity index (χ2n) is 7.61. The number of hydrogen-bond donors (Lipinski definition) is 2. The van der Waals surface area contributed by atoms with Crippen LogP contribution in [0, 0.1) is 0 Å². The molecule has 1 aromatic heterocycles. The third-order valence-corrected chi connectivity index (χ3v) is 4.81. The first-order valence-corrected chi connectivity index (χ1v) is 11.7. The van der Waals surface area contributed by atoms with Crippen molar-refractivity contribution in [2.24, 2.45) is 5.73 Å². The first-order valence-electron chi connectivity index (χ1n) is 11.7. The maximum atomic E-state index is 5.66. The molecule has 9 heteroatoms. The van der Waals surface area contributed by atoms with Crippen LogP contribution >= 0.6 is 0 Å². The Morgan fingerprint density at radius 3 is 2.06 bits per heavy atom. The number of aromatic nitrogens is 3. The van der Waals surface area contributed by atoms with E-state index in [1.807, 2.05) is 36.4 Å². The molecule has 2 aromatic carbocycles. The van der Waals surface area contributed by atoms with E-state index in [-0.39, 0.29) is 6.01 Å². The molecule has 0 unspecified atom stereocenters. The van der Waals surface area contributed by atoms with Crippen molar-refractivity contribution in [3.8, 4) is 6.01 Å². The Morgan fingerprint density at radius 2 is 1.46 bits per heavy atom. The number of ether oxygens (including phenoxy) is 3. The molecular formula is C26H34N6O3. The van der Waals surface area contributed by atoms with Crippen LogP contribution in [0.5, 0.6) is 6.01 Å². The van der Waals surface area contributed by atoms with Gasteiger partial charge in [0.1, 0.15) is 6.61 Å². The third-order valence-electron chi connectivity index (χ3n) is 4.81. The van der Waals surface area contributed by atoms with E-state index in [0.29, 0.717) is 71.1 Å². The Hall–Kier alpha value is -3.53. The molecule has 3 aromatic rings. The van der Waals surface area contributed by atoms with E-state index in [0.717, 1.165) is 11.1 Å². The highest BCUT2D eigenvalue weighted by atomic mass is 16.5. The third kappa shape index (κ3) is 9.70. The van der Waals surface area contributed by atoms with Crippen molar-refractivity contribution in [1.29, 1.82) is 0 Å². The lowest BCUT2D eigenvalue weighted by Gasteiger charge is -2.23. The number of nitrogens with zero attached hydrogens (tertiary/aromatic N) is 4. The van der Waals surface area contributed by atoms with Gasteiger partial charge in [0.05, 0.1) is 26.4 Å². The minimum absolute atomic E-state index is 0.236. The molecule has 9 nitrogen and oxygen atoms in total. The fourth-order valence-corrected chi connectivity index (χ4v) is 3.21. The van der Waals surface area contributed by atoms with E-state index in [2.05, 4.69) is 56.0 Å². The normalized spacial score (nSPS) is 10.7. The van der Waals surface area contributed by atoms with Gasteiger partial charge in [-0.15, -0.1) is 0 Å². The largest absolute Gasteiger partial charge is 0.459 e. The van der Waals surface area contributed by atoms with Crippen molar-refractivity contribution in [1.82, 2.24) is 15.0 Å². The Kier molecular flexibility index (Phi) is 11.5. The number of hydrogen-bond acceptors (Lipinski definition) is 9. The molecular weight excluding hydrogens is 444 g/mol. The summed E-state index contributed by atoms with van der Waals surface area (Å²) in [4.78, 5) is 15.8. The zero-order chi connectivity index (χ0) is 24.6. The van der Waals surface area contributed by atoms with E-state index in [1.54, 1.807) is 6.08 Å². The molecule has 0 aliphatic carbocycles. The Morgan fingerprint density at radius 1 is 0.829 bits per heavy atom. The van der Waals surface area contributed by atoms with Crippen LogP contribution in [-0.4, -0.2) is 61.1 Å². The van der Waals surface area contributed by atoms with Gasteiger partial charge >= 0.3 is 6.01 Å². The maximum absolute atomic E-state index is 5.66. The maximum Gasteiger partial charge on any atom is 0.323 e. The summed E-state index contributed by atoms with van der Waals surface area (Å²) in [5.41, 5.74) is 7.70. The van der Waals surface area contributed by atoms with Crippen LogP contribution in [0.3, 0.4) is 0 Å². The molecule has 35 heavy (non-hydrogen) atoms. The van der Waals surface area contributed by atoms with Crippen LogP contribution in [0.25, 0.3) is 0 Å². The van der Waals surface area contributed by atoms with E-state index in [4.69, 9.17) is 19.9 Å². The van der Waals surface area contributed by atoms with Gasteiger partial charge < -0.3 is 30.2 Å². The number of benzene rings is 2. The van der Waals surface area contributed by atoms with Crippen molar-refractivity contribution >= 4 is 11.9 Å². The zero-order valence-electron chi connectivity index (χ0n) is 20.0. The summed E-state index contributed by atoms with van der Waals surface area (Å²) < 4.78 is 16.6. The minimum atomic E-state index is 0.236. The van der Waals surface area contributed by atoms with Gasteiger partial charge in [-0.05, 0) is 11.1 Å². The van der Waals surface area contributed by atoms with Crippen molar-refractivity contribution in [2.45, 2.75) is 13.1 Å². The Balaban J connectivity index is 1.73. The number of anilines is 2. The van der Waals surface area contributed by atoms with Crippen LogP contribution in [0.15, 0.2) is 73.3 Å². The van der Waals surface area contributed by atoms with Gasteiger partial charge in [0.25, 0.3) is 0 Å². The van der Waals surface area contributed by atoms with Gasteiger partial charge in [0.15, 0.2) is 0 Å². The smallest absolute Gasteiger partial charge is 0.323 e. The summed E-state index contributed by atoms with van der Waals surface area (Å²) in [6, 6.07) is 20.7. The van der Waals surface area contributed by atoms with Gasteiger partial charge in [0, 0.05) is 26.2 Å². The van der Waals surface area contributed by atoms with Crippen molar-refractivity contribution < 1.29 is 14.2 Å². The molecule has 0 atom stereocenters. The van der Waals surface area contributed by atoms with Crippen molar-refractivity contribution in [3.63, 3.8) is 0 Å². The number of nitrogens with two attached hydrogens (primary N) is 1. The molecule has 3 N–H and O–H groups in total. The van der Waals surface area contributed by atoms with Gasteiger partial charge in [0.2, 0.25) is 11.9 Å². The van der Waals surface area contributed by atoms with Gasteiger partial charge in [-0.3, -0.25) is 0 Å². The summed E-state index contributed by atoms with van der Waals surface area (Å²) in [6.45, 7) is 8.33. The fraction of sp³-hybridized carbons (Fsp3) is 0.346. The molecule has 0 spiro atoms. The lowest BCUT2D eigenvalue weighted by Crippen LogP contribution is -2.25. The molecule has 0 saturated heterocycles. The minimum Gasteiger partial charge on any atom is -0.459 e. The lowest BCUT2D eigenvalue weighted by molar-refractivity contribution is 0.0547. The molecule has 0 amide bonds. The topological polar surface area (TPSA) is 108 Å². The highest BCUT2D eigenvalue weighted by molar-refractivity contribution is 5.40. The van der Waals surface area contributed by atoms with Crippen molar-refractivity contribution in [3.05, 3.63) is 84.4 Å². The second-order valence-corrected chi connectivity index (χ2v) is 7.61. The van der Waals surface area contributed by atoms with Gasteiger partial charge in [-0.1, -0.05) is 73.3 Å². The highest BCUT2D eigenvalue weighted by Crippen LogP contribution is 2.20. The quantitative estimate of drug-likeness (QED) is 0.224. The SMILES string of the molecule is C=CCOc1nc(NCCOCCOCCN)nc(N(Cc2ccccc2)Cc2ccccc2)n1. The van der Waals surface area contributed by atoms with Crippen LogP contribution in [0.1, 0.15) is 11.1 Å². The number of rotatable bonds is 17. The van der Waals surface area contributed by atoms with Gasteiger partial charge in [-0.2, -0.15) is 15.0 Å². The fourth-order valence-electron chi connectivity index (χ4n) is 3.21.